The molecule has 1 aliphatic heterocycles. The van der Waals surface area contributed by atoms with Crippen LogP contribution in [0.25, 0.3) is 0 Å². The molecule has 1 atom stereocenters. The second-order valence-electron chi connectivity index (χ2n) is 5.73. The molecule has 0 bridgehead atoms. The quantitative estimate of drug-likeness (QED) is 0.642. The molecule has 1 unspecified atom stereocenters. The molecular weight excluding hydrogens is 244 g/mol. The van der Waals surface area contributed by atoms with E-state index in [1.807, 2.05) is 7.05 Å². The molecular formula is C14H28N2O3. The minimum Gasteiger partial charge on any atom is -0.469 e. The van der Waals surface area contributed by atoms with Gasteiger partial charge in [0.15, 0.2) is 0 Å². The Morgan fingerprint density at radius 1 is 1.53 bits per heavy atom. The topological polar surface area (TPSA) is 42.0 Å². The van der Waals surface area contributed by atoms with Crippen LogP contribution in [-0.2, 0) is 14.3 Å². The average molecular weight is 272 g/mol. The summed E-state index contributed by atoms with van der Waals surface area (Å²) >= 11 is 0. The first kappa shape index (κ1) is 16.4. The first-order valence-electron chi connectivity index (χ1n) is 7.10. The normalized spacial score (nSPS) is 21.1. The molecule has 1 rings (SSSR count). The largest absolute Gasteiger partial charge is 0.469 e. The van der Waals surface area contributed by atoms with E-state index in [1.165, 1.54) is 7.11 Å². The van der Waals surface area contributed by atoms with E-state index in [1.54, 1.807) is 0 Å². The highest BCUT2D eigenvalue weighted by molar-refractivity contribution is 5.69. The van der Waals surface area contributed by atoms with Gasteiger partial charge in [0.2, 0.25) is 0 Å². The molecule has 1 aliphatic rings. The standard InChI is InChI=1S/C14H28N2O3/c1-12(2)9-16-7-8-19-13(11-16)10-15(3)6-5-14(17)18-4/h12-13H,5-11H2,1-4H3. The van der Waals surface area contributed by atoms with Gasteiger partial charge in [-0.2, -0.15) is 0 Å². The summed E-state index contributed by atoms with van der Waals surface area (Å²) in [7, 11) is 3.45. The number of ether oxygens (including phenoxy) is 2. The molecule has 0 saturated carbocycles. The zero-order valence-corrected chi connectivity index (χ0v) is 12.7. The van der Waals surface area contributed by atoms with Crippen molar-refractivity contribution in [3.63, 3.8) is 0 Å². The van der Waals surface area contributed by atoms with E-state index in [0.717, 1.165) is 39.3 Å². The highest BCUT2D eigenvalue weighted by Gasteiger charge is 2.22. The van der Waals surface area contributed by atoms with E-state index in [4.69, 9.17) is 4.74 Å². The van der Waals surface area contributed by atoms with Crippen molar-refractivity contribution in [3.8, 4) is 0 Å². The average Bonchev–Trinajstić information content (AvgIpc) is 2.35. The maximum Gasteiger partial charge on any atom is 0.306 e. The molecule has 0 spiro atoms. The van der Waals surface area contributed by atoms with Gasteiger partial charge >= 0.3 is 5.97 Å². The number of rotatable bonds is 7. The lowest BCUT2D eigenvalue weighted by Gasteiger charge is -2.35. The zero-order chi connectivity index (χ0) is 14.3. The van der Waals surface area contributed by atoms with Gasteiger partial charge in [-0.1, -0.05) is 13.8 Å². The third-order valence-electron chi connectivity index (χ3n) is 3.29. The van der Waals surface area contributed by atoms with Crippen LogP contribution in [0.4, 0.5) is 0 Å². The smallest absolute Gasteiger partial charge is 0.306 e. The van der Waals surface area contributed by atoms with Gasteiger partial charge in [-0.15, -0.1) is 0 Å². The number of carbonyl (C=O) groups is 1. The number of esters is 1. The lowest BCUT2D eigenvalue weighted by atomic mass is 10.1. The van der Waals surface area contributed by atoms with Crippen LogP contribution in [0.1, 0.15) is 20.3 Å². The summed E-state index contributed by atoms with van der Waals surface area (Å²) in [6.07, 6.45) is 0.685. The zero-order valence-electron chi connectivity index (χ0n) is 12.7. The first-order chi connectivity index (χ1) is 9.01. The molecule has 0 amide bonds. The molecule has 0 radical (unpaired) electrons. The first-order valence-corrected chi connectivity index (χ1v) is 7.10. The van der Waals surface area contributed by atoms with Gasteiger partial charge in [0.25, 0.3) is 0 Å². The minimum absolute atomic E-state index is 0.155. The number of methoxy groups -OCH3 is 1. The molecule has 0 N–H and O–H groups in total. The number of carbonyl (C=O) groups excluding carboxylic acids is 1. The predicted molar refractivity (Wildman–Crippen MR) is 75.1 cm³/mol. The second kappa shape index (κ2) is 8.51. The van der Waals surface area contributed by atoms with Crippen molar-refractivity contribution in [1.82, 2.24) is 9.80 Å². The SMILES string of the molecule is COC(=O)CCN(C)CC1CN(CC(C)C)CCO1. The van der Waals surface area contributed by atoms with Crippen LogP contribution < -0.4 is 0 Å². The summed E-state index contributed by atoms with van der Waals surface area (Å²) in [5.41, 5.74) is 0. The molecule has 0 aromatic carbocycles. The summed E-state index contributed by atoms with van der Waals surface area (Å²) in [5.74, 6) is 0.536. The Bertz CT molecular complexity index is 271. The van der Waals surface area contributed by atoms with E-state index in [0.29, 0.717) is 12.3 Å². The third kappa shape index (κ3) is 6.89. The van der Waals surface area contributed by atoms with Crippen LogP contribution >= 0.6 is 0 Å². The van der Waals surface area contributed by atoms with Crippen molar-refractivity contribution in [2.75, 3.05) is 53.5 Å². The van der Waals surface area contributed by atoms with E-state index in [2.05, 4.69) is 28.4 Å². The van der Waals surface area contributed by atoms with Crippen LogP contribution in [-0.4, -0.2) is 75.4 Å². The van der Waals surface area contributed by atoms with Crippen molar-refractivity contribution in [2.24, 2.45) is 5.92 Å². The summed E-state index contributed by atoms with van der Waals surface area (Å²) in [4.78, 5) is 15.7. The highest BCUT2D eigenvalue weighted by atomic mass is 16.5. The lowest BCUT2D eigenvalue weighted by molar-refractivity contribution is -0.141. The van der Waals surface area contributed by atoms with E-state index < -0.39 is 0 Å². The molecule has 112 valence electrons. The van der Waals surface area contributed by atoms with Crippen LogP contribution in [0, 0.1) is 5.92 Å². The molecule has 0 aromatic heterocycles. The van der Waals surface area contributed by atoms with Crippen LogP contribution in [0.3, 0.4) is 0 Å². The Kier molecular flexibility index (Phi) is 7.34. The molecule has 1 heterocycles. The molecule has 0 aliphatic carbocycles. The third-order valence-corrected chi connectivity index (χ3v) is 3.29. The van der Waals surface area contributed by atoms with Crippen molar-refractivity contribution in [1.29, 1.82) is 0 Å². The number of nitrogens with zero attached hydrogens (tertiary/aromatic N) is 2. The molecule has 5 nitrogen and oxygen atoms in total. The van der Waals surface area contributed by atoms with Crippen LogP contribution in [0.5, 0.6) is 0 Å². The summed E-state index contributed by atoms with van der Waals surface area (Å²) in [6.45, 7) is 10.0. The molecule has 1 saturated heterocycles. The van der Waals surface area contributed by atoms with Crippen molar-refractivity contribution >= 4 is 5.97 Å². The van der Waals surface area contributed by atoms with Crippen molar-refractivity contribution < 1.29 is 14.3 Å². The van der Waals surface area contributed by atoms with E-state index >= 15 is 0 Å². The van der Waals surface area contributed by atoms with Crippen LogP contribution in [0.15, 0.2) is 0 Å². The van der Waals surface area contributed by atoms with Gasteiger partial charge < -0.3 is 14.4 Å². The van der Waals surface area contributed by atoms with Gasteiger partial charge in [0.1, 0.15) is 0 Å². The molecule has 19 heavy (non-hydrogen) atoms. The fourth-order valence-corrected chi connectivity index (χ4v) is 2.40. The summed E-state index contributed by atoms with van der Waals surface area (Å²) < 4.78 is 10.4. The molecule has 1 fully saturated rings. The lowest BCUT2D eigenvalue weighted by Crippen LogP contribution is -2.48. The molecule has 0 aromatic rings. The van der Waals surface area contributed by atoms with Crippen molar-refractivity contribution in [2.45, 2.75) is 26.4 Å². The Hall–Kier alpha value is -0.650. The number of morpholine rings is 1. The number of likely N-dealkylation sites (N-methyl/N-ethyl adjacent to an activating group) is 1. The van der Waals surface area contributed by atoms with Gasteiger partial charge in [0.05, 0.1) is 26.2 Å². The van der Waals surface area contributed by atoms with Gasteiger partial charge in [-0.25, -0.2) is 0 Å². The van der Waals surface area contributed by atoms with E-state index in [9.17, 15) is 4.79 Å². The summed E-state index contributed by atoms with van der Waals surface area (Å²) in [6, 6.07) is 0. The predicted octanol–water partition coefficient (Wildman–Crippen LogP) is 0.838. The fraction of sp³-hybridized carbons (Fsp3) is 0.929. The van der Waals surface area contributed by atoms with Crippen LogP contribution in [0.2, 0.25) is 0 Å². The monoisotopic (exact) mass is 272 g/mol. The Balaban J connectivity index is 2.25. The Morgan fingerprint density at radius 2 is 2.26 bits per heavy atom. The van der Waals surface area contributed by atoms with Crippen molar-refractivity contribution in [3.05, 3.63) is 0 Å². The van der Waals surface area contributed by atoms with Gasteiger partial charge in [-0.05, 0) is 13.0 Å². The van der Waals surface area contributed by atoms with E-state index in [-0.39, 0.29) is 12.1 Å². The fourth-order valence-electron chi connectivity index (χ4n) is 2.40. The van der Waals surface area contributed by atoms with Gasteiger partial charge in [-0.3, -0.25) is 9.69 Å². The number of hydrogen-bond acceptors (Lipinski definition) is 5. The minimum atomic E-state index is -0.155. The Labute approximate surface area is 116 Å². The second-order valence-corrected chi connectivity index (χ2v) is 5.73. The van der Waals surface area contributed by atoms with Gasteiger partial charge in [0, 0.05) is 32.7 Å². The maximum absolute atomic E-state index is 11.1. The Morgan fingerprint density at radius 3 is 2.89 bits per heavy atom. The number of hydrogen-bond donors (Lipinski definition) is 0. The highest BCUT2D eigenvalue weighted by Crippen LogP contribution is 2.09. The maximum atomic E-state index is 11.1. The summed E-state index contributed by atoms with van der Waals surface area (Å²) in [5, 5.41) is 0. The molecule has 5 heteroatoms.